The van der Waals surface area contributed by atoms with Gasteiger partial charge in [0, 0.05) is 12.5 Å². The predicted molar refractivity (Wildman–Crippen MR) is 51.6 cm³/mol. The average Bonchev–Trinajstić information content (AvgIpc) is 2.10. The summed E-state index contributed by atoms with van der Waals surface area (Å²) in [5, 5.41) is 0. The molecular weight excluding hydrogens is 182 g/mol. The highest BCUT2D eigenvalue weighted by molar-refractivity contribution is 5.84. The number of hydrogen-bond acceptors (Lipinski definition) is 3. The summed E-state index contributed by atoms with van der Waals surface area (Å²) in [7, 11) is 1.34. The summed E-state index contributed by atoms with van der Waals surface area (Å²) in [5.41, 5.74) is 0. The number of amides is 1. The Labute approximate surface area is 84.2 Å². The number of esters is 1. The van der Waals surface area contributed by atoms with Crippen LogP contribution in [0.2, 0.25) is 0 Å². The number of carbonyl (C=O) groups is 2. The molecule has 4 heteroatoms. The summed E-state index contributed by atoms with van der Waals surface area (Å²) < 4.78 is 4.53. The largest absolute Gasteiger partial charge is 0.468 e. The van der Waals surface area contributed by atoms with Crippen molar-refractivity contribution < 1.29 is 14.3 Å². The zero-order chi connectivity index (χ0) is 10.6. The molecule has 1 aliphatic carbocycles. The van der Waals surface area contributed by atoms with E-state index in [2.05, 4.69) is 4.74 Å². The third-order valence-corrected chi connectivity index (χ3v) is 2.70. The summed E-state index contributed by atoms with van der Waals surface area (Å²) in [5.74, 6) is -0.0942. The lowest BCUT2D eigenvalue weighted by molar-refractivity contribution is -0.149. The number of likely N-dealkylation sites (N-methyl/N-ethyl adjacent to an activating group) is 1. The third kappa shape index (κ3) is 2.47. The van der Waals surface area contributed by atoms with Crippen LogP contribution < -0.4 is 0 Å². The van der Waals surface area contributed by atoms with E-state index < -0.39 is 0 Å². The molecule has 80 valence electrons. The Kier molecular flexibility index (Phi) is 3.92. The standard InChI is InChI=1S/C10H17NO3/c1-3-11(7-9(12)14-2)10(13)8-5-4-6-8/h8H,3-7H2,1-2H3. The second-order valence-corrected chi connectivity index (χ2v) is 3.56. The van der Waals surface area contributed by atoms with Crippen LogP contribution in [-0.4, -0.2) is 37.0 Å². The molecule has 0 unspecified atom stereocenters. The molecule has 0 N–H and O–H groups in total. The SMILES string of the molecule is CCN(CC(=O)OC)C(=O)C1CCC1. The molecule has 0 saturated heterocycles. The lowest BCUT2D eigenvalue weighted by atomic mass is 9.84. The zero-order valence-electron chi connectivity index (χ0n) is 8.78. The molecule has 0 radical (unpaired) electrons. The summed E-state index contributed by atoms with van der Waals surface area (Å²) in [6.45, 7) is 2.53. The molecule has 0 aromatic rings. The quantitative estimate of drug-likeness (QED) is 0.629. The molecule has 0 atom stereocenters. The molecule has 0 bridgehead atoms. The molecule has 1 saturated carbocycles. The Morgan fingerprint density at radius 2 is 2.07 bits per heavy atom. The minimum absolute atomic E-state index is 0.0856. The zero-order valence-corrected chi connectivity index (χ0v) is 8.78. The van der Waals surface area contributed by atoms with Crippen molar-refractivity contribution in [2.75, 3.05) is 20.2 Å². The van der Waals surface area contributed by atoms with Crippen LogP contribution in [0, 0.1) is 5.92 Å². The Hall–Kier alpha value is -1.06. The van der Waals surface area contributed by atoms with Gasteiger partial charge in [0.25, 0.3) is 0 Å². The molecule has 0 aromatic carbocycles. The third-order valence-electron chi connectivity index (χ3n) is 2.70. The van der Waals surface area contributed by atoms with Crippen molar-refractivity contribution in [2.45, 2.75) is 26.2 Å². The van der Waals surface area contributed by atoms with Crippen LogP contribution in [0.25, 0.3) is 0 Å². The molecule has 1 rings (SSSR count). The first-order chi connectivity index (χ1) is 6.69. The number of carbonyl (C=O) groups excluding carboxylic acids is 2. The van der Waals surface area contributed by atoms with Crippen molar-refractivity contribution in [3.63, 3.8) is 0 Å². The monoisotopic (exact) mass is 199 g/mol. The molecule has 1 aliphatic rings. The van der Waals surface area contributed by atoms with Crippen LogP contribution >= 0.6 is 0 Å². The van der Waals surface area contributed by atoms with Crippen LogP contribution in [0.1, 0.15) is 26.2 Å². The Morgan fingerprint density at radius 1 is 1.43 bits per heavy atom. The van der Waals surface area contributed by atoms with Crippen LogP contribution in [0.5, 0.6) is 0 Å². The fourth-order valence-electron chi connectivity index (χ4n) is 1.48. The fraction of sp³-hybridized carbons (Fsp3) is 0.800. The van der Waals surface area contributed by atoms with E-state index in [0.717, 1.165) is 19.3 Å². The predicted octanol–water partition coefficient (Wildman–Crippen LogP) is 0.808. The highest BCUT2D eigenvalue weighted by Gasteiger charge is 2.29. The van der Waals surface area contributed by atoms with Crippen LogP contribution in [0.3, 0.4) is 0 Å². The molecule has 1 fully saturated rings. The summed E-state index contributed by atoms with van der Waals surface area (Å²) in [6, 6.07) is 0. The van der Waals surface area contributed by atoms with Gasteiger partial charge in [-0.05, 0) is 19.8 Å². The van der Waals surface area contributed by atoms with Crippen molar-refractivity contribution in [2.24, 2.45) is 5.92 Å². The Morgan fingerprint density at radius 3 is 2.43 bits per heavy atom. The van der Waals surface area contributed by atoms with Gasteiger partial charge in [-0.1, -0.05) is 6.42 Å². The van der Waals surface area contributed by atoms with Crippen molar-refractivity contribution in [1.82, 2.24) is 4.90 Å². The lowest BCUT2D eigenvalue weighted by Gasteiger charge is -2.30. The van der Waals surface area contributed by atoms with Crippen LogP contribution in [-0.2, 0) is 14.3 Å². The van der Waals surface area contributed by atoms with E-state index in [1.54, 1.807) is 4.90 Å². The second kappa shape index (κ2) is 4.98. The molecule has 1 amide bonds. The van der Waals surface area contributed by atoms with Gasteiger partial charge in [-0.25, -0.2) is 0 Å². The van der Waals surface area contributed by atoms with E-state index in [4.69, 9.17) is 0 Å². The van der Waals surface area contributed by atoms with E-state index >= 15 is 0 Å². The minimum Gasteiger partial charge on any atom is -0.468 e. The maximum atomic E-state index is 11.7. The van der Waals surface area contributed by atoms with Crippen molar-refractivity contribution in [3.8, 4) is 0 Å². The molecule has 0 aromatic heterocycles. The highest BCUT2D eigenvalue weighted by Crippen LogP contribution is 2.28. The van der Waals surface area contributed by atoms with Gasteiger partial charge in [-0.3, -0.25) is 9.59 Å². The van der Waals surface area contributed by atoms with E-state index in [0.29, 0.717) is 6.54 Å². The summed E-state index contributed by atoms with van der Waals surface area (Å²) in [6.07, 6.45) is 3.07. The first kappa shape index (κ1) is 11.0. The van der Waals surface area contributed by atoms with E-state index in [1.807, 2.05) is 6.92 Å². The smallest absolute Gasteiger partial charge is 0.325 e. The maximum absolute atomic E-state index is 11.7. The van der Waals surface area contributed by atoms with E-state index in [9.17, 15) is 9.59 Å². The molecule has 0 aliphatic heterocycles. The molecule has 14 heavy (non-hydrogen) atoms. The van der Waals surface area contributed by atoms with Crippen LogP contribution in [0.4, 0.5) is 0 Å². The number of methoxy groups -OCH3 is 1. The lowest BCUT2D eigenvalue weighted by Crippen LogP contribution is -2.41. The van der Waals surface area contributed by atoms with Gasteiger partial charge >= 0.3 is 5.97 Å². The van der Waals surface area contributed by atoms with Crippen molar-refractivity contribution in [3.05, 3.63) is 0 Å². The molecular formula is C10H17NO3. The normalized spacial score (nSPS) is 15.9. The van der Waals surface area contributed by atoms with Crippen LogP contribution in [0.15, 0.2) is 0 Å². The van der Waals surface area contributed by atoms with Gasteiger partial charge in [0.1, 0.15) is 6.54 Å². The first-order valence-electron chi connectivity index (χ1n) is 5.04. The summed E-state index contributed by atoms with van der Waals surface area (Å²) in [4.78, 5) is 24.3. The van der Waals surface area contributed by atoms with Crippen molar-refractivity contribution >= 4 is 11.9 Å². The van der Waals surface area contributed by atoms with Gasteiger partial charge in [0.2, 0.25) is 5.91 Å². The summed E-state index contributed by atoms with van der Waals surface area (Å²) >= 11 is 0. The molecule has 4 nitrogen and oxygen atoms in total. The van der Waals surface area contributed by atoms with Gasteiger partial charge in [-0.15, -0.1) is 0 Å². The van der Waals surface area contributed by atoms with E-state index in [1.165, 1.54) is 7.11 Å². The van der Waals surface area contributed by atoms with E-state index in [-0.39, 0.29) is 24.3 Å². The number of hydrogen-bond donors (Lipinski definition) is 0. The molecule has 0 heterocycles. The average molecular weight is 199 g/mol. The number of rotatable bonds is 4. The van der Waals surface area contributed by atoms with Crippen molar-refractivity contribution in [1.29, 1.82) is 0 Å². The number of ether oxygens (including phenoxy) is 1. The topological polar surface area (TPSA) is 46.6 Å². The van der Waals surface area contributed by atoms with Gasteiger partial charge in [-0.2, -0.15) is 0 Å². The Balaban J connectivity index is 2.43. The van der Waals surface area contributed by atoms with Gasteiger partial charge in [0.15, 0.2) is 0 Å². The minimum atomic E-state index is -0.348. The highest BCUT2D eigenvalue weighted by atomic mass is 16.5. The molecule has 0 spiro atoms. The maximum Gasteiger partial charge on any atom is 0.325 e. The number of nitrogens with zero attached hydrogens (tertiary/aromatic N) is 1. The fourth-order valence-corrected chi connectivity index (χ4v) is 1.48. The first-order valence-corrected chi connectivity index (χ1v) is 5.04. The Bertz CT molecular complexity index is 223. The van der Waals surface area contributed by atoms with Gasteiger partial charge in [0.05, 0.1) is 7.11 Å². The second-order valence-electron chi connectivity index (χ2n) is 3.56. The van der Waals surface area contributed by atoms with Gasteiger partial charge < -0.3 is 9.64 Å².